The van der Waals surface area contributed by atoms with Crippen LogP contribution in [-0.2, 0) is 0 Å². The minimum Gasteiger partial charge on any atom is -1.00 e. The Morgan fingerprint density at radius 2 is 1.00 bits per heavy atom. The van der Waals surface area contributed by atoms with Gasteiger partial charge in [-0.25, -0.2) is 0 Å². The van der Waals surface area contributed by atoms with E-state index in [9.17, 15) is 0 Å². The molecule has 0 N–H and O–H groups in total. The van der Waals surface area contributed by atoms with E-state index >= 15 is 0 Å². The molecule has 0 spiro atoms. The first kappa shape index (κ1) is 29.3. The van der Waals surface area contributed by atoms with Crippen LogP contribution in [0.25, 0.3) is 0 Å². The average molecular weight is 181 g/mol. The summed E-state index contributed by atoms with van der Waals surface area (Å²) in [6.07, 6.45) is 6.64. The smallest absolute Gasteiger partial charge is 1.00 e. The predicted molar refractivity (Wildman–Crippen MR) is 46.3 cm³/mol. The topological polar surface area (TPSA) is 0 Å². The van der Waals surface area contributed by atoms with E-state index < -0.39 is 0 Å². The van der Waals surface area contributed by atoms with Gasteiger partial charge in [0.1, 0.15) is 0 Å². The molecule has 0 atom stereocenters. The summed E-state index contributed by atoms with van der Waals surface area (Å²) in [5.74, 6) is 0. The molecule has 0 aliphatic carbocycles. The maximum Gasteiger partial charge on any atom is 2.00 e. The number of hydrogen-bond donors (Lipinski definition) is 0. The molecular formula is C8H18ClLiMg. The Balaban J connectivity index is -0.0000000171. The molecule has 0 rings (SSSR count). The number of hydrogen-bond acceptors (Lipinski definition) is 0. The molecule has 0 aromatic heterocycles. The average Bonchev–Trinajstić information content (AvgIpc) is 1.88. The molecule has 0 aliphatic heterocycles. The summed E-state index contributed by atoms with van der Waals surface area (Å²) in [7, 11) is 0. The van der Waals surface area contributed by atoms with E-state index in [4.69, 9.17) is 0 Å². The van der Waals surface area contributed by atoms with Crippen LogP contribution in [0, 0.1) is 12.8 Å². The van der Waals surface area contributed by atoms with Crippen molar-refractivity contribution in [2.75, 3.05) is 0 Å². The van der Waals surface area contributed by atoms with Crippen molar-refractivity contribution >= 4 is 23.1 Å². The van der Waals surface area contributed by atoms with Crippen molar-refractivity contribution in [1.82, 2.24) is 0 Å². The SMILES string of the molecule is C[CH-]CC.C[CH-]CC.[Cl-].[Li+].[Mg+2]. The fourth-order valence-corrected chi connectivity index (χ4v) is 0. The molecule has 0 heterocycles. The zero-order valence-electron chi connectivity index (χ0n) is 8.65. The first-order valence-electron chi connectivity index (χ1n) is 3.39. The fourth-order valence-electron chi connectivity index (χ4n) is 0. The molecule has 3 heteroatoms. The Hall–Kier alpha value is 1.65. The molecule has 0 bridgehead atoms. The van der Waals surface area contributed by atoms with Crippen LogP contribution in [-0.4, -0.2) is 23.1 Å². The molecule has 0 aliphatic rings. The van der Waals surface area contributed by atoms with E-state index in [2.05, 4.69) is 40.5 Å². The summed E-state index contributed by atoms with van der Waals surface area (Å²) in [5.41, 5.74) is 0. The van der Waals surface area contributed by atoms with Crippen molar-refractivity contribution in [3.8, 4) is 0 Å². The second-order valence-corrected chi connectivity index (χ2v) is 1.63. The van der Waals surface area contributed by atoms with Crippen molar-refractivity contribution in [3.63, 3.8) is 0 Å². The molecule has 0 amide bonds. The largest absolute Gasteiger partial charge is 2.00 e. The third kappa shape index (κ3) is 81.4. The molecule has 0 aromatic carbocycles. The van der Waals surface area contributed by atoms with Gasteiger partial charge in [0.2, 0.25) is 0 Å². The summed E-state index contributed by atoms with van der Waals surface area (Å²) < 4.78 is 0. The van der Waals surface area contributed by atoms with E-state index in [0.29, 0.717) is 0 Å². The van der Waals surface area contributed by atoms with Gasteiger partial charge in [0.05, 0.1) is 0 Å². The van der Waals surface area contributed by atoms with Crippen LogP contribution in [0.3, 0.4) is 0 Å². The molecule has 11 heavy (non-hydrogen) atoms. The van der Waals surface area contributed by atoms with Crippen LogP contribution in [0.1, 0.15) is 40.5 Å². The third-order valence-electron chi connectivity index (χ3n) is 0.816. The Kier molecular flexibility index (Phi) is 110. The molecular weight excluding hydrogens is 163 g/mol. The minimum absolute atomic E-state index is 0. The standard InChI is InChI=1S/2C4H9.ClH.Li.Mg/c2*1-3-4-2;;;/h2*3H,4H2,1-2H3;1H;;/q2*-1;;+1;+2/p-1. The van der Waals surface area contributed by atoms with Crippen molar-refractivity contribution in [3.05, 3.63) is 12.8 Å². The zero-order valence-corrected chi connectivity index (χ0v) is 10.8. The number of rotatable bonds is 2. The normalized spacial score (nSPS) is 5.45. The van der Waals surface area contributed by atoms with Crippen LogP contribution in [0.2, 0.25) is 0 Å². The first-order valence-corrected chi connectivity index (χ1v) is 3.39. The van der Waals surface area contributed by atoms with Gasteiger partial charge in [-0.3, -0.25) is 0 Å². The summed E-state index contributed by atoms with van der Waals surface area (Å²) in [6, 6.07) is 0. The molecule has 0 fully saturated rings. The van der Waals surface area contributed by atoms with Gasteiger partial charge < -0.3 is 25.2 Å². The quantitative estimate of drug-likeness (QED) is 0.312. The van der Waals surface area contributed by atoms with Crippen molar-refractivity contribution in [1.29, 1.82) is 0 Å². The molecule has 0 aromatic rings. The minimum atomic E-state index is 0. The van der Waals surface area contributed by atoms with E-state index in [0.717, 1.165) is 0 Å². The van der Waals surface area contributed by atoms with Crippen LogP contribution >= 0.6 is 0 Å². The van der Waals surface area contributed by atoms with E-state index in [-0.39, 0.29) is 54.3 Å². The van der Waals surface area contributed by atoms with Gasteiger partial charge >= 0.3 is 41.9 Å². The second-order valence-electron chi connectivity index (χ2n) is 1.63. The molecule has 60 valence electrons. The van der Waals surface area contributed by atoms with Gasteiger partial charge in [0.25, 0.3) is 0 Å². The van der Waals surface area contributed by atoms with E-state index in [1.165, 1.54) is 12.8 Å². The fraction of sp³-hybridized carbons (Fsp3) is 0.750. The maximum absolute atomic E-state index is 2.12. The van der Waals surface area contributed by atoms with Crippen LogP contribution in [0.15, 0.2) is 0 Å². The van der Waals surface area contributed by atoms with Crippen molar-refractivity contribution in [2.45, 2.75) is 40.5 Å². The summed E-state index contributed by atoms with van der Waals surface area (Å²) >= 11 is 0. The number of halogens is 1. The Morgan fingerprint density at radius 3 is 1.00 bits per heavy atom. The Bertz CT molecular complexity index is 22.1. The first-order chi connectivity index (χ1) is 3.83. The summed E-state index contributed by atoms with van der Waals surface area (Å²) in [5, 5.41) is 0. The van der Waals surface area contributed by atoms with Crippen LogP contribution < -0.4 is 31.3 Å². The zero-order chi connectivity index (χ0) is 6.83. The Labute approximate surface area is 107 Å². The predicted octanol–water partition coefficient (Wildman–Crippen LogP) is -3.13. The molecule has 0 nitrogen and oxygen atoms in total. The van der Waals surface area contributed by atoms with Gasteiger partial charge in [-0.1, -0.05) is 13.8 Å². The van der Waals surface area contributed by atoms with Gasteiger partial charge in [0, 0.05) is 0 Å². The van der Waals surface area contributed by atoms with Crippen LogP contribution in [0.4, 0.5) is 0 Å². The van der Waals surface area contributed by atoms with Gasteiger partial charge in [-0.2, -0.15) is 26.7 Å². The molecule has 0 saturated heterocycles. The van der Waals surface area contributed by atoms with Crippen LogP contribution in [0.5, 0.6) is 0 Å². The van der Waals surface area contributed by atoms with E-state index in [1.807, 2.05) is 0 Å². The molecule has 0 unspecified atom stereocenters. The summed E-state index contributed by atoms with van der Waals surface area (Å²) in [4.78, 5) is 0. The maximum atomic E-state index is 2.12. The monoisotopic (exact) mass is 180 g/mol. The Morgan fingerprint density at radius 1 is 0.909 bits per heavy atom. The van der Waals surface area contributed by atoms with E-state index in [1.54, 1.807) is 0 Å². The number of unbranched alkanes of at least 4 members (excludes halogenated alkanes) is 2. The van der Waals surface area contributed by atoms with Gasteiger partial charge in [0.15, 0.2) is 0 Å². The second kappa shape index (κ2) is 41.4. The van der Waals surface area contributed by atoms with Gasteiger partial charge in [-0.05, 0) is 0 Å². The molecule has 0 radical (unpaired) electrons. The van der Waals surface area contributed by atoms with Gasteiger partial charge in [-0.15, -0.1) is 0 Å². The third-order valence-corrected chi connectivity index (χ3v) is 0.816. The summed E-state index contributed by atoms with van der Waals surface area (Å²) in [6.45, 7) is 8.36. The van der Waals surface area contributed by atoms with Crippen molar-refractivity contribution in [2.24, 2.45) is 0 Å². The van der Waals surface area contributed by atoms with Crippen molar-refractivity contribution < 1.29 is 31.3 Å². The molecule has 0 saturated carbocycles.